The van der Waals surface area contributed by atoms with Gasteiger partial charge in [-0.15, -0.1) is 0 Å². The standard InChI is InChI=1S/C13H11ClFN3O4/c1-18-11(16)10(12(20)17-13(18)21)9(19)5-22-6-2-3-8(15)7(14)4-6/h2-4H,5,16H2,1H3,(H,17,20,21). The Labute approximate surface area is 128 Å². The second-order valence-corrected chi connectivity index (χ2v) is 4.77. The molecular formula is C13H11ClFN3O4. The van der Waals surface area contributed by atoms with Crippen LogP contribution in [0.5, 0.6) is 5.75 Å². The number of Topliss-reactive ketones (excluding diaryl/α,β-unsaturated/α-hetero) is 1. The summed E-state index contributed by atoms with van der Waals surface area (Å²) >= 11 is 5.58. The first-order valence-electron chi connectivity index (χ1n) is 6.01. The fraction of sp³-hybridized carbons (Fsp3) is 0.154. The molecular weight excluding hydrogens is 317 g/mol. The third-order valence-electron chi connectivity index (χ3n) is 2.91. The van der Waals surface area contributed by atoms with Crippen molar-refractivity contribution in [2.45, 2.75) is 0 Å². The van der Waals surface area contributed by atoms with Crippen molar-refractivity contribution in [3.05, 3.63) is 55.4 Å². The van der Waals surface area contributed by atoms with Crippen molar-refractivity contribution >= 4 is 23.2 Å². The number of nitrogens with two attached hydrogens (primary N) is 1. The van der Waals surface area contributed by atoms with Gasteiger partial charge in [-0.2, -0.15) is 0 Å². The van der Waals surface area contributed by atoms with Gasteiger partial charge >= 0.3 is 5.69 Å². The number of carbonyl (C=O) groups is 1. The Morgan fingerprint density at radius 3 is 2.77 bits per heavy atom. The minimum absolute atomic E-state index is 0.152. The van der Waals surface area contributed by atoms with E-state index in [-0.39, 0.29) is 22.2 Å². The second kappa shape index (κ2) is 6.02. The number of halogens is 2. The third-order valence-corrected chi connectivity index (χ3v) is 3.20. The molecule has 9 heteroatoms. The number of aromatic amines is 1. The average molecular weight is 328 g/mol. The van der Waals surface area contributed by atoms with Crippen LogP contribution >= 0.6 is 11.6 Å². The van der Waals surface area contributed by atoms with Gasteiger partial charge in [0.2, 0.25) is 5.78 Å². The van der Waals surface area contributed by atoms with Gasteiger partial charge in [-0.1, -0.05) is 11.6 Å². The first kappa shape index (κ1) is 15.8. The van der Waals surface area contributed by atoms with Gasteiger partial charge in [0, 0.05) is 13.1 Å². The molecule has 0 saturated carbocycles. The minimum Gasteiger partial charge on any atom is -0.485 e. The molecule has 3 N–H and O–H groups in total. The maximum atomic E-state index is 13.0. The van der Waals surface area contributed by atoms with Crippen LogP contribution in [0.25, 0.3) is 0 Å². The first-order valence-corrected chi connectivity index (χ1v) is 6.39. The lowest BCUT2D eigenvalue weighted by atomic mass is 10.2. The van der Waals surface area contributed by atoms with Crippen molar-refractivity contribution in [3.8, 4) is 5.75 Å². The normalized spacial score (nSPS) is 10.5. The Morgan fingerprint density at radius 2 is 2.14 bits per heavy atom. The van der Waals surface area contributed by atoms with E-state index in [0.717, 1.165) is 10.6 Å². The van der Waals surface area contributed by atoms with E-state index in [0.29, 0.717) is 0 Å². The number of hydrogen-bond acceptors (Lipinski definition) is 5. The van der Waals surface area contributed by atoms with E-state index < -0.39 is 29.5 Å². The highest BCUT2D eigenvalue weighted by Crippen LogP contribution is 2.21. The summed E-state index contributed by atoms with van der Waals surface area (Å²) in [5, 5.41) is -0.163. The minimum atomic E-state index is -0.897. The van der Waals surface area contributed by atoms with E-state index in [1.807, 2.05) is 4.98 Å². The van der Waals surface area contributed by atoms with Gasteiger partial charge in [-0.05, 0) is 12.1 Å². The van der Waals surface area contributed by atoms with Crippen LogP contribution in [0.15, 0.2) is 27.8 Å². The zero-order valence-corrected chi connectivity index (χ0v) is 12.1. The summed E-state index contributed by atoms with van der Waals surface area (Å²) in [5.74, 6) is -1.46. The predicted molar refractivity (Wildman–Crippen MR) is 78.0 cm³/mol. The molecule has 1 heterocycles. The molecule has 0 bridgehead atoms. The molecule has 2 rings (SSSR count). The number of H-pyrrole nitrogens is 1. The topological polar surface area (TPSA) is 107 Å². The number of benzene rings is 1. The van der Waals surface area contributed by atoms with Crippen molar-refractivity contribution in [2.75, 3.05) is 12.3 Å². The summed E-state index contributed by atoms with van der Waals surface area (Å²) in [6.45, 7) is -0.520. The van der Waals surface area contributed by atoms with Crippen LogP contribution < -0.4 is 21.7 Å². The molecule has 116 valence electrons. The van der Waals surface area contributed by atoms with Crippen LogP contribution in [0.3, 0.4) is 0 Å². The van der Waals surface area contributed by atoms with E-state index in [9.17, 15) is 18.8 Å². The van der Waals surface area contributed by atoms with Gasteiger partial charge in [-0.25, -0.2) is 9.18 Å². The number of nitrogens with zero attached hydrogens (tertiary/aromatic N) is 1. The molecule has 0 unspecified atom stereocenters. The number of rotatable bonds is 4. The van der Waals surface area contributed by atoms with Crippen molar-refractivity contribution < 1.29 is 13.9 Å². The highest BCUT2D eigenvalue weighted by molar-refractivity contribution is 6.30. The van der Waals surface area contributed by atoms with Crippen molar-refractivity contribution in [1.82, 2.24) is 9.55 Å². The maximum absolute atomic E-state index is 13.0. The first-order chi connectivity index (χ1) is 10.3. The van der Waals surface area contributed by atoms with Crippen LogP contribution in [-0.2, 0) is 7.05 Å². The predicted octanol–water partition coefficient (Wildman–Crippen LogP) is 0.710. The summed E-state index contributed by atoms with van der Waals surface area (Å²) in [6, 6.07) is 3.55. The molecule has 2 aromatic rings. The van der Waals surface area contributed by atoms with Crippen LogP contribution in [0.4, 0.5) is 10.2 Å². The molecule has 0 amide bonds. The molecule has 0 fully saturated rings. The number of nitrogen functional groups attached to an aromatic ring is 1. The lowest BCUT2D eigenvalue weighted by Crippen LogP contribution is -2.36. The van der Waals surface area contributed by atoms with E-state index in [1.54, 1.807) is 0 Å². The molecule has 0 aliphatic heterocycles. The van der Waals surface area contributed by atoms with Gasteiger partial charge in [0.1, 0.15) is 22.9 Å². The summed E-state index contributed by atoms with van der Waals surface area (Å²) in [7, 11) is 1.31. The molecule has 1 aromatic carbocycles. The number of carbonyl (C=O) groups excluding carboxylic acids is 1. The Kier molecular flexibility index (Phi) is 4.32. The van der Waals surface area contributed by atoms with E-state index in [4.69, 9.17) is 22.1 Å². The monoisotopic (exact) mass is 327 g/mol. The smallest absolute Gasteiger partial charge is 0.329 e. The van der Waals surface area contributed by atoms with Crippen LogP contribution in [0.2, 0.25) is 5.02 Å². The van der Waals surface area contributed by atoms with Gasteiger partial charge in [0.15, 0.2) is 6.61 Å². The molecule has 1 aromatic heterocycles. The van der Waals surface area contributed by atoms with E-state index in [2.05, 4.69) is 0 Å². The molecule has 0 spiro atoms. The summed E-state index contributed by atoms with van der Waals surface area (Å²) in [5.41, 5.74) is 3.59. The second-order valence-electron chi connectivity index (χ2n) is 4.37. The summed E-state index contributed by atoms with van der Waals surface area (Å²) in [6.07, 6.45) is 0. The molecule has 0 aliphatic carbocycles. The zero-order valence-electron chi connectivity index (χ0n) is 11.4. The largest absolute Gasteiger partial charge is 0.485 e. The number of ether oxygens (including phenoxy) is 1. The third kappa shape index (κ3) is 3.01. The van der Waals surface area contributed by atoms with Gasteiger partial charge in [0.05, 0.1) is 5.02 Å². The SMILES string of the molecule is Cn1c(N)c(C(=O)COc2ccc(F)c(Cl)c2)c(=O)[nH]c1=O. The molecule has 0 atom stereocenters. The number of anilines is 1. The molecule has 0 saturated heterocycles. The lowest BCUT2D eigenvalue weighted by Gasteiger charge is -2.09. The molecule has 0 aliphatic rings. The van der Waals surface area contributed by atoms with Crippen LogP contribution in [0, 0.1) is 5.82 Å². The zero-order chi connectivity index (χ0) is 16.4. The summed E-state index contributed by atoms with van der Waals surface area (Å²) in [4.78, 5) is 37.0. The average Bonchev–Trinajstić information content (AvgIpc) is 2.46. The summed E-state index contributed by atoms with van der Waals surface area (Å²) < 4.78 is 19.1. The van der Waals surface area contributed by atoms with Crippen molar-refractivity contribution in [2.24, 2.45) is 7.05 Å². The maximum Gasteiger partial charge on any atom is 0.329 e. The molecule has 22 heavy (non-hydrogen) atoms. The van der Waals surface area contributed by atoms with E-state index >= 15 is 0 Å². The Bertz CT molecular complexity index is 859. The molecule has 7 nitrogen and oxygen atoms in total. The van der Waals surface area contributed by atoms with Crippen LogP contribution in [-0.4, -0.2) is 21.9 Å². The van der Waals surface area contributed by atoms with Crippen molar-refractivity contribution in [1.29, 1.82) is 0 Å². The van der Waals surface area contributed by atoms with Gasteiger partial charge in [-0.3, -0.25) is 19.1 Å². The number of hydrogen-bond donors (Lipinski definition) is 2. The number of aromatic nitrogens is 2. The van der Waals surface area contributed by atoms with Crippen molar-refractivity contribution in [3.63, 3.8) is 0 Å². The Hall–Kier alpha value is -2.61. The Morgan fingerprint density at radius 1 is 1.45 bits per heavy atom. The van der Waals surface area contributed by atoms with Gasteiger partial charge in [0.25, 0.3) is 5.56 Å². The Balaban J connectivity index is 2.23. The van der Waals surface area contributed by atoms with Gasteiger partial charge < -0.3 is 10.5 Å². The number of nitrogens with one attached hydrogen (secondary N) is 1. The lowest BCUT2D eigenvalue weighted by molar-refractivity contribution is 0.0920. The highest BCUT2D eigenvalue weighted by atomic mass is 35.5. The molecule has 0 radical (unpaired) electrons. The van der Waals surface area contributed by atoms with Crippen LogP contribution in [0.1, 0.15) is 10.4 Å². The fourth-order valence-electron chi connectivity index (χ4n) is 1.69. The number of ketones is 1. The quantitative estimate of drug-likeness (QED) is 0.804. The fourth-order valence-corrected chi connectivity index (χ4v) is 1.86. The van der Waals surface area contributed by atoms with E-state index in [1.165, 1.54) is 19.2 Å². The highest BCUT2D eigenvalue weighted by Gasteiger charge is 2.18.